The summed E-state index contributed by atoms with van der Waals surface area (Å²) in [5.74, 6) is 0. The molecule has 0 radical (unpaired) electrons. The summed E-state index contributed by atoms with van der Waals surface area (Å²) in [5.41, 5.74) is 0.313. The molecule has 0 atom stereocenters. The lowest BCUT2D eigenvalue weighted by atomic mass is 9.81. The van der Waals surface area contributed by atoms with Gasteiger partial charge in [-0.15, -0.1) is 0 Å². The zero-order valence-electron chi connectivity index (χ0n) is 12.1. The molecular weight excluding hydrogens is 263 g/mol. The first kappa shape index (κ1) is 15.4. The summed E-state index contributed by atoms with van der Waals surface area (Å²) in [4.78, 5) is 2.44. The van der Waals surface area contributed by atoms with Crippen molar-refractivity contribution >= 4 is 0 Å². The summed E-state index contributed by atoms with van der Waals surface area (Å²) in [7, 11) is 0. The summed E-state index contributed by atoms with van der Waals surface area (Å²) in [6.45, 7) is 7.54. The molecule has 0 aliphatic carbocycles. The molecule has 0 N–H and O–H groups in total. The van der Waals surface area contributed by atoms with Crippen LogP contribution in [-0.2, 0) is 11.6 Å². The molecule has 1 aliphatic heterocycles. The highest BCUT2D eigenvalue weighted by atomic mass is 19.4. The molecule has 2 rings (SSSR count). The normalized spacial score (nSPS) is 17.6. The van der Waals surface area contributed by atoms with Crippen molar-refractivity contribution in [3.63, 3.8) is 0 Å². The lowest BCUT2D eigenvalue weighted by Gasteiger charge is -2.28. The number of alkyl halides is 3. The SMILES string of the molecule is CC(C)(CCN1CCCC1)c1ccc(C(F)(F)F)cc1. The van der Waals surface area contributed by atoms with E-state index < -0.39 is 11.7 Å². The first-order valence-electron chi connectivity index (χ1n) is 7.19. The molecule has 1 aliphatic rings. The van der Waals surface area contributed by atoms with Crippen LogP contribution in [0.1, 0.15) is 44.2 Å². The maximum Gasteiger partial charge on any atom is 0.416 e. The molecule has 0 bridgehead atoms. The number of rotatable bonds is 4. The van der Waals surface area contributed by atoms with E-state index in [0.717, 1.165) is 31.6 Å². The second-order valence-electron chi connectivity index (χ2n) is 6.26. The smallest absolute Gasteiger partial charge is 0.303 e. The van der Waals surface area contributed by atoms with Gasteiger partial charge >= 0.3 is 6.18 Å². The average molecular weight is 285 g/mol. The fourth-order valence-corrected chi connectivity index (χ4v) is 2.70. The Morgan fingerprint density at radius 1 is 0.950 bits per heavy atom. The average Bonchev–Trinajstić information content (AvgIpc) is 2.89. The van der Waals surface area contributed by atoms with Gasteiger partial charge in [-0.25, -0.2) is 0 Å². The Labute approximate surface area is 118 Å². The monoisotopic (exact) mass is 285 g/mol. The lowest BCUT2D eigenvalue weighted by molar-refractivity contribution is -0.137. The second-order valence-corrected chi connectivity index (χ2v) is 6.26. The summed E-state index contributed by atoms with van der Waals surface area (Å²) in [6, 6.07) is 5.61. The van der Waals surface area contributed by atoms with Gasteiger partial charge in [0.2, 0.25) is 0 Å². The van der Waals surface area contributed by atoms with E-state index >= 15 is 0 Å². The topological polar surface area (TPSA) is 3.24 Å². The minimum absolute atomic E-state index is 0.0906. The Morgan fingerprint density at radius 3 is 1.95 bits per heavy atom. The van der Waals surface area contributed by atoms with E-state index in [0.29, 0.717) is 0 Å². The molecule has 1 fully saturated rings. The van der Waals surface area contributed by atoms with E-state index in [1.165, 1.54) is 25.0 Å². The fraction of sp³-hybridized carbons (Fsp3) is 0.625. The molecule has 0 saturated carbocycles. The predicted molar refractivity (Wildman–Crippen MR) is 74.8 cm³/mol. The molecule has 1 aromatic carbocycles. The molecule has 1 nitrogen and oxygen atoms in total. The van der Waals surface area contributed by atoms with Crippen molar-refractivity contribution in [3.8, 4) is 0 Å². The van der Waals surface area contributed by atoms with E-state index in [-0.39, 0.29) is 5.41 Å². The van der Waals surface area contributed by atoms with Crippen molar-refractivity contribution in [1.82, 2.24) is 4.90 Å². The van der Waals surface area contributed by atoms with E-state index in [1.807, 2.05) is 0 Å². The molecule has 0 amide bonds. The lowest BCUT2D eigenvalue weighted by Crippen LogP contribution is -2.28. The van der Waals surface area contributed by atoms with Crippen LogP contribution in [0.25, 0.3) is 0 Å². The summed E-state index contributed by atoms with van der Waals surface area (Å²) >= 11 is 0. The minimum atomic E-state index is -4.25. The van der Waals surface area contributed by atoms with Crippen LogP contribution in [0.15, 0.2) is 24.3 Å². The maximum absolute atomic E-state index is 12.6. The molecule has 1 saturated heterocycles. The van der Waals surface area contributed by atoms with Gasteiger partial charge in [-0.1, -0.05) is 26.0 Å². The van der Waals surface area contributed by atoms with Crippen molar-refractivity contribution in [2.24, 2.45) is 0 Å². The molecule has 1 heterocycles. The molecule has 0 spiro atoms. The maximum atomic E-state index is 12.6. The summed E-state index contributed by atoms with van der Waals surface area (Å²) in [5, 5.41) is 0. The van der Waals surface area contributed by atoms with Crippen LogP contribution in [0.5, 0.6) is 0 Å². The zero-order valence-corrected chi connectivity index (χ0v) is 12.1. The van der Waals surface area contributed by atoms with Gasteiger partial charge in [0.25, 0.3) is 0 Å². The van der Waals surface area contributed by atoms with Gasteiger partial charge in [0.05, 0.1) is 5.56 Å². The van der Waals surface area contributed by atoms with E-state index in [1.54, 1.807) is 12.1 Å². The van der Waals surface area contributed by atoms with Crippen LogP contribution < -0.4 is 0 Å². The molecule has 20 heavy (non-hydrogen) atoms. The third-order valence-corrected chi connectivity index (χ3v) is 4.25. The fourth-order valence-electron chi connectivity index (χ4n) is 2.70. The first-order chi connectivity index (χ1) is 9.29. The predicted octanol–water partition coefficient (Wildman–Crippen LogP) is 4.47. The largest absolute Gasteiger partial charge is 0.416 e. The molecule has 112 valence electrons. The second kappa shape index (κ2) is 5.76. The molecule has 0 unspecified atom stereocenters. The van der Waals surface area contributed by atoms with E-state index in [4.69, 9.17) is 0 Å². The number of likely N-dealkylation sites (tertiary alicyclic amines) is 1. The third-order valence-electron chi connectivity index (χ3n) is 4.25. The third kappa shape index (κ3) is 3.75. The highest BCUT2D eigenvalue weighted by molar-refractivity contribution is 5.29. The first-order valence-corrected chi connectivity index (χ1v) is 7.19. The Hall–Kier alpha value is -1.03. The van der Waals surface area contributed by atoms with Gasteiger partial charge < -0.3 is 4.90 Å². The Morgan fingerprint density at radius 2 is 1.45 bits per heavy atom. The molecule has 0 aromatic heterocycles. The Bertz CT molecular complexity index is 428. The van der Waals surface area contributed by atoms with Crippen molar-refractivity contribution in [3.05, 3.63) is 35.4 Å². The van der Waals surface area contributed by atoms with Crippen LogP contribution in [-0.4, -0.2) is 24.5 Å². The number of hydrogen-bond acceptors (Lipinski definition) is 1. The van der Waals surface area contributed by atoms with Crippen LogP contribution in [0.4, 0.5) is 13.2 Å². The van der Waals surface area contributed by atoms with Crippen molar-refractivity contribution < 1.29 is 13.2 Å². The summed E-state index contributed by atoms with van der Waals surface area (Å²) < 4.78 is 37.7. The highest BCUT2D eigenvalue weighted by Gasteiger charge is 2.31. The van der Waals surface area contributed by atoms with Gasteiger partial charge in [-0.05, 0) is 62.0 Å². The van der Waals surface area contributed by atoms with Gasteiger partial charge in [-0.2, -0.15) is 13.2 Å². The number of hydrogen-bond donors (Lipinski definition) is 0. The van der Waals surface area contributed by atoms with Crippen LogP contribution >= 0.6 is 0 Å². The number of halogens is 3. The van der Waals surface area contributed by atoms with Gasteiger partial charge in [0.1, 0.15) is 0 Å². The van der Waals surface area contributed by atoms with Gasteiger partial charge in [0, 0.05) is 0 Å². The van der Waals surface area contributed by atoms with Crippen molar-refractivity contribution in [2.45, 2.75) is 44.7 Å². The number of benzene rings is 1. The minimum Gasteiger partial charge on any atom is -0.303 e. The summed E-state index contributed by atoms with van der Waals surface area (Å²) in [6.07, 6.45) is -0.752. The Kier molecular flexibility index (Phi) is 4.43. The van der Waals surface area contributed by atoms with Crippen molar-refractivity contribution in [1.29, 1.82) is 0 Å². The molecule has 4 heteroatoms. The van der Waals surface area contributed by atoms with Gasteiger partial charge in [0.15, 0.2) is 0 Å². The van der Waals surface area contributed by atoms with Gasteiger partial charge in [-0.3, -0.25) is 0 Å². The van der Waals surface area contributed by atoms with Crippen LogP contribution in [0.2, 0.25) is 0 Å². The van der Waals surface area contributed by atoms with Crippen molar-refractivity contribution in [2.75, 3.05) is 19.6 Å². The Balaban J connectivity index is 2.01. The van der Waals surface area contributed by atoms with Crippen LogP contribution in [0, 0.1) is 0 Å². The molecular formula is C16H22F3N. The van der Waals surface area contributed by atoms with E-state index in [9.17, 15) is 13.2 Å². The standard InChI is InChI=1S/C16H22F3N/c1-15(2,9-12-20-10-3-4-11-20)13-5-7-14(8-6-13)16(17,18)19/h5-8H,3-4,9-12H2,1-2H3. The zero-order chi connectivity index (χ0) is 14.8. The quantitative estimate of drug-likeness (QED) is 0.789. The highest BCUT2D eigenvalue weighted by Crippen LogP contribution is 2.33. The van der Waals surface area contributed by atoms with Crippen LogP contribution in [0.3, 0.4) is 0 Å². The molecule has 1 aromatic rings. The van der Waals surface area contributed by atoms with E-state index in [2.05, 4.69) is 18.7 Å². The number of nitrogens with zero attached hydrogens (tertiary/aromatic N) is 1.